The van der Waals surface area contributed by atoms with E-state index in [2.05, 4.69) is 15.3 Å². The molecule has 0 aliphatic heterocycles. The molecule has 1 amide bonds. The summed E-state index contributed by atoms with van der Waals surface area (Å²) in [5.74, 6) is -0.410. The average molecular weight is 302 g/mol. The van der Waals surface area contributed by atoms with Crippen LogP contribution in [0.3, 0.4) is 0 Å². The molecule has 0 aromatic heterocycles. The van der Waals surface area contributed by atoms with Crippen molar-refractivity contribution in [2.45, 2.75) is 38.1 Å². The normalized spacial score (nSPS) is 16.1. The fourth-order valence-electron chi connectivity index (χ4n) is 2.55. The minimum absolute atomic E-state index is 0.0853. The molecule has 1 saturated carbocycles. The number of guanidine groups is 2. The van der Waals surface area contributed by atoms with Crippen molar-refractivity contribution in [1.29, 1.82) is 0 Å². The molecule has 22 heavy (non-hydrogen) atoms. The lowest BCUT2D eigenvalue weighted by Gasteiger charge is -2.23. The van der Waals surface area contributed by atoms with Gasteiger partial charge >= 0.3 is 0 Å². The molecule has 1 aliphatic carbocycles. The van der Waals surface area contributed by atoms with E-state index in [1.165, 1.54) is 6.42 Å². The zero-order valence-electron chi connectivity index (χ0n) is 12.5. The summed E-state index contributed by atoms with van der Waals surface area (Å²) in [4.78, 5) is 20.2. The molecule has 118 valence electrons. The largest absolute Gasteiger partial charge is 0.370 e. The second-order valence-electron chi connectivity index (χ2n) is 5.33. The summed E-state index contributed by atoms with van der Waals surface area (Å²) in [5.41, 5.74) is 17.0. The first kappa shape index (κ1) is 15.8. The highest BCUT2D eigenvalue weighted by Gasteiger charge is 2.18. The second-order valence-corrected chi connectivity index (χ2v) is 5.33. The standard InChI is InChI=1S/C15H22N6O/c16-14(17)21-15(18)20-12-9-5-4-8-11(12)13(22)19-10-6-2-1-3-7-10/h4-5,8-10H,1-3,6-7H2,(H,19,22)(H6,16,17,18,20,21). The van der Waals surface area contributed by atoms with Crippen LogP contribution >= 0.6 is 0 Å². The highest BCUT2D eigenvalue weighted by atomic mass is 16.1. The van der Waals surface area contributed by atoms with Crippen LogP contribution in [0.4, 0.5) is 5.69 Å². The first-order valence-electron chi connectivity index (χ1n) is 7.40. The number of para-hydroxylation sites is 1. The van der Waals surface area contributed by atoms with Gasteiger partial charge in [0, 0.05) is 6.04 Å². The van der Waals surface area contributed by atoms with Crippen molar-refractivity contribution in [3.8, 4) is 0 Å². The van der Waals surface area contributed by atoms with Crippen molar-refractivity contribution in [1.82, 2.24) is 5.32 Å². The van der Waals surface area contributed by atoms with Gasteiger partial charge in [0.2, 0.25) is 5.96 Å². The molecule has 1 aliphatic rings. The maximum atomic E-state index is 12.4. The van der Waals surface area contributed by atoms with Crippen LogP contribution in [0.5, 0.6) is 0 Å². The summed E-state index contributed by atoms with van der Waals surface area (Å²) in [6.45, 7) is 0. The van der Waals surface area contributed by atoms with Crippen LogP contribution < -0.4 is 22.5 Å². The van der Waals surface area contributed by atoms with Crippen molar-refractivity contribution in [2.75, 3.05) is 0 Å². The van der Waals surface area contributed by atoms with Gasteiger partial charge in [0.1, 0.15) is 0 Å². The Kier molecular flexibility index (Phi) is 5.35. The summed E-state index contributed by atoms with van der Waals surface area (Å²) in [6, 6.07) is 7.20. The molecule has 1 aromatic carbocycles. The third-order valence-corrected chi connectivity index (χ3v) is 3.57. The number of nitrogens with zero attached hydrogens (tertiary/aromatic N) is 2. The molecule has 0 radical (unpaired) electrons. The lowest BCUT2D eigenvalue weighted by Crippen LogP contribution is -2.36. The molecule has 0 unspecified atom stereocenters. The van der Waals surface area contributed by atoms with Crippen LogP contribution in [0.1, 0.15) is 42.5 Å². The zero-order valence-corrected chi connectivity index (χ0v) is 12.5. The number of nitrogens with one attached hydrogen (secondary N) is 1. The molecule has 0 spiro atoms. The van der Waals surface area contributed by atoms with Gasteiger partial charge in [-0.1, -0.05) is 31.4 Å². The second kappa shape index (κ2) is 7.44. The van der Waals surface area contributed by atoms with Crippen LogP contribution in [0, 0.1) is 0 Å². The Hall–Kier alpha value is -2.57. The van der Waals surface area contributed by atoms with E-state index in [-0.39, 0.29) is 23.9 Å². The lowest BCUT2D eigenvalue weighted by atomic mass is 9.95. The summed E-state index contributed by atoms with van der Waals surface area (Å²) in [6.07, 6.45) is 5.59. The number of hydrogen-bond donors (Lipinski definition) is 4. The fraction of sp³-hybridized carbons (Fsp3) is 0.400. The number of hydrogen-bond acceptors (Lipinski definition) is 2. The first-order chi connectivity index (χ1) is 10.6. The summed E-state index contributed by atoms with van der Waals surface area (Å²) >= 11 is 0. The Morgan fingerprint density at radius 1 is 1.09 bits per heavy atom. The number of aliphatic imine (C=N–C) groups is 2. The Bertz CT molecular complexity index is 585. The Morgan fingerprint density at radius 3 is 2.45 bits per heavy atom. The molecule has 7 nitrogen and oxygen atoms in total. The van der Waals surface area contributed by atoms with Gasteiger partial charge in [-0.05, 0) is 25.0 Å². The molecule has 7 N–H and O–H groups in total. The van der Waals surface area contributed by atoms with Gasteiger partial charge in [-0.3, -0.25) is 4.79 Å². The topological polar surface area (TPSA) is 132 Å². The highest BCUT2D eigenvalue weighted by Crippen LogP contribution is 2.21. The number of benzene rings is 1. The highest BCUT2D eigenvalue weighted by molar-refractivity contribution is 6.01. The van der Waals surface area contributed by atoms with E-state index in [0.717, 1.165) is 25.7 Å². The maximum Gasteiger partial charge on any atom is 0.253 e. The monoisotopic (exact) mass is 302 g/mol. The number of nitrogens with two attached hydrogens (primary N) is 3. The van der Waals surface area contributed by atoms with Gasteiger partial charge in [0.05, 0.1) is 11.3 Å². The molecule has 2 rings (SSSR count). The van der Waals surface area contributed by atoms with Crippen molar-refractivity contribution < 1.29 is 4.79 Å². The van der Waals surface area contributed by atoms with E-state index in [1.807, 2.05) is 0 Å². The third-order valence-electron chi connectivity index (χ3n) is 3.57. The molecule has 0 heterocycles. The van der Waals surface area contributed by atoms with E-state index in [1.54, 1.807) is 24.3 Å². The minimum atomic E-state index is -0.176. The lowest BCUT2D eigenvalue weighted by molar-refractivity contribution is 0.0928. The summed E-state index contributed by atoms with van der Waals surface area (Å²) < 4.78 is 0. The van der Waals surface area contributed by atoms with Gasteiger partial charge < -0.3 is 22.5 Å². The van der Waals surface area contributed by atoms with E-state index in [9.17, 15) is 4.79 Å². The quantitative estimate of drug-likeness (QED) is 0.489. The van der Waals surface area contributed by atoms with Crippen LogP contribution in [0.2, 0.25) is 0 Å². The van der Waals surface area contributed by atoms with Crippen LogP contribution in [-0.4, -0.2) is 23.9 Å². The predicted molar refractivity (Wildman–Crippen MR) is 87.9 cm³/mol. The average Bonchev–Trinajstić information content (AvgIpc) is 2.47. The summed E-state index contributed by atoms with van der Waals surface area (Å²) in [7, 11) is 0. The maximum absolute atomic E-state index is 12.4. The number of carbonyl (C=O) groups is 1. The van der Waals surface area contributed by atoms with E-state index < -0.39 is 0 Å². The number of amides is 1. The molecular weight excluding hydrogens is 280 g/mol. The molecule has 0 atom stereocenters. The minimum Gasteiger partial charge on any atom is -0.370 e. The Balaban J connectivity index is 2.16. The van der Waals surface area contributed by atoms with Gasteiger partial charge in [0.25, 0.3) is 5.91 Å². The van der Waals surface area contributed by atoms with Gasteiger partial charge in [0.15, 0.2) is 5.96 Å². The SMILES string of the molecule is NC(N)=NC(N)=Nc1ccccc1C(=O)NC1CCCCC1. The molecule has 1 aromatic rings. The van der Waals surface area contributed by atoms with Crippen LogP contribution in [-0.2, 0) is 0 Å². The van der Waals surface area contributed by atoms with Crippen molar-refractivity contribution in [3.63, 3.8) is 0 Å². The fourth-order valence-corrected chi connectivity index (χ4v) is 2.55. The van der Waals surface area contributed by atoms with Crippen molar-refractivity contribution in [3.05, 3.63) is 29.8 Å². The summed E-state index contributed by atoms with van der Waals surface area (Å²) in [5, 5.41) is 3.06. The van der Waals surface area contributed by atoms with Crippen molar-refractivity contribution in [2.24, 2.45) is 27.2 Å². The van der Waals surface area contributed by atoms with Gasteiger partial charge in [-0.25, -0.2) is 4.99 Å². The molecule has 7 heteroatoms. The third kappa shape index (κ3) is 4.47. The van der Waals surface area contributed by atoms with E-state index in [0.29, 0.717) is 11.3 Å². The first-order valence-corrected chi connectivity index (χ1v) is 7.40. The predicted octanol–water partition coefficient (Wildman–Crippen LogP) is 0.969. The molecular formula is C15H22N6O. The molecule has 0 bridgehead atoms. The van der Waals surface area contributed by atoms with Crippen molar-refractivity contribution >= 4 is 23.5 Å². The number of carbonyl (C=O) groups excluding carboxylic acids is 1. The van der Waals surface area contributed by atoms with Crippen LogP contribution in [0.25, 0.3) is 0 Å². The van der Waals surface area contributed by atoms with Gasteiger partial charge in [-0.2, -0.15) is 4.99 Å². The molecule has 0 saturated heterocycles. The van der Waals surface area contributed by atoms with E-state index >= 15 is 0 Å². The smallest absolute Gasteiger partial charge is 0.253 e. The van der Waals surface area contributed by atoms with E-state index in [4.69, 9.17) is 17.2 Å². The molecule has 1 fully saturated rings. The number of rotatable bonds is 3. The van der Waals surface area contributed by atoms with Gasteiger partial charge in [-0.15, -0.1) is 0 Å². The Labute approximate surface area is 129 Å². The zero-order chi connectivity index (χ0) is 15.9. The Morgan fingerprint density at radius 2 is 1.77 bits per heavy atom. The van der Waals surface area contributed by atoms with Crippen LogP contribution in [0.15, 0.2) is 34.3 Å².